The predicted octanol–water partition coefficient (Wildman–Crippen LogP) is 8.01. The van der Waals surface area contributed by atoms with Gasteiger partial charge in [0.1, 0.15) is 12.4 Å². The van der Waals surface area contributed by atoms with E-state index >= 15 is 0 Å². The van der Waals surface area contributed by atoms with Gasteiger partial charge in [-0.1, -0.05) is 97.8 Å². The molecule has 0 amide bonds. The summed E-state index contributed by atoms with van der Waals surface area (Å²) in [4.78, 5) is 0. The zero-order valence-electron chi connectivity index (χ0n) is 19.7. The molecule has 28 heavy (non-hydrogen) atoms. The van der Waals surface area contributed by atoms with Crippen molar-refractivity contribution in [3.63, 3.8) is 0 Å². The van der Waals surface area contributed by atoms with Gasteiger partial charge in [0.15, 0.2) is 0 Å². The zero-order valence-corrected chi connectivity index (χ0v) is 19.7. The average molecular weight is 392 g/mol. The van der Waals surface area contributed by atoms with Crippen LogP contribution in [0.3, 0.4) is 0 Å². The van der Waals surface area contributed by atoms with Crippen molar-refractivity contribution in [2.24, 2.45) is 0 Å². The molecule has 0 atom stereocenters. The average Bonchev–Trinajstić information content (AvgIpc) is 3.08. The Labute approximate surface area is 177 Å². The predicted molar refractivity (Wildman–Crippen MR) is 124 cm³/mol. The Morgan fingerprint density at radius 2 is 1.11 bits per heavy atom. The van der Waals surface area contributed by atoms with Gasteiger partial charge in [0, 0.05) is 6.42 Å². The molecule has 0 aromatic carbocycles. The Morgan fingerprint density at radius 3 is 1.71 bits per heavy atom. The Bertz CT molecular complexity index is 414. The fourth-order valence-electron chi connectivity index (χ4n) is 4.20. The highest BCUT2D eigenvalue weighted by atomic mass is 15.1. The minimum absolute atomic E-state index is 1.22. The molecule has 164 valence electrons. The molecule has 2 nitrogen and oxygen atoms in total. The molecule has 0 aliphatic rings. The number of imidazole rings is 1. The monoisotopic (exact) mass is 391 g/mol. The molecule has 1 heterocycles. The van der Waals surface area contributed by atoms with Gasteiger partial charge in [0.2, 0.25) is 0 Å². The maximum atomic E-state index is 2.57. The van der Waals surface area contributed by atoms with E-state index < -0.39 is 0 Å². The molecule has 1 aromatic rings. The molecule has 0 aliphatic carbocycles. The van der Waals surface area contributed by atoms with Crippen LogP contribution in [0.5, 0.6) is 0 Å². The third kappa shape index (κ3) is 11.9. The van der Waals surface area contributed by atoms with Gasteiger partial charge >= 0.3 is 0 Å². The van der Waals surface area contributed by atoms with Gasteiger partial charge in [-0.2, -0.15) is 0 Å². The van der Waals surface area contributed by atoms with Crippen molar-refractivity contribution < 1.29 is 4.57 Å². The summed E-state index contributed by atoms with van der Waals surface area (Å²) in [5.41, 5.74) is 0. The Morgan fingerprint density at radius 1 is 0.607 bits per heavy atom. The maximum absolute atomic E-state index is 2.57. The van der Waals surface area contributed by atoms with Crippen molar-refractivity contribution in [3.8, 4) is 0 Å². The first kappa shape index (κ1) is 25.2. The van der Waals surface area contributed by atoms with Gasteiger partial charge in [-0.15, -0.1) is 0 Å². The van der Waals surface area contributed by atoms with Gasteiger partial charge < -0.3 is 0 Å². The second-order valence-corrected chi connectivity index (χ2v) is 8.80. The Hall–Kier alpha value is -0.790. The van der Waals surface area contributed by atoms with Crippen molar-refractivity contribution in [2.45, 2.75) is 149 Å². The molecule has 0 N–H and O–H groups in total. The van der Waals surface area contributed by atoms with E-state index in [4.69, 9.17) is 0 Å². The molecule has 1 rings (SSSR count). The summed E-state index contributed by atoms with van der Waals surface area (Å²) in [6.07, 6.45) is 29.6. The second kappa shape index (κ2) is 18.3. The normalized spacial score (nSPS) is 11.4. The van der Waals surface area contributed by atoms with Crippen LogP contribution < -0.4 is 4.57 Å². The highest BCUT2D eigenvalue weighted by Crippen LogP contribution is 2.11. The van der Waals surface area contributed by atoms with Crippen molar-refractivity contribution in [2.75, 3.05) is 0 Å². The van der Waals surface area contributed by atoms with E-state index in [2.05, 4.69) is 42.3 Å². The molecule has 0 aliphatic heterocycles. The van der Waals surface area contributed by atoms with Gasteiger partial charge in [0.25, 0.3) is 5.82 Å². The van der Waals surface area contributed by atoms with E-state index in [1.807, 2.05) is 0 Å². The van der Waals surface area contributed by atoms with Crippen LogP contribution in [-0.4, -0.2) is 4.57 Å². The maximum Gasteiger partial charge on any atom is 0.256 e. The lowest BCUT2D eigenvalue weighted by atomic mass is 10.1. The molecule has 0 bridgehead atoms. The third-order valence-electron chi connectivity index (χ3n) is 6.10. The van der Waals surface area contributed by atoms with Crippen LogP contribution in [0.2, 0.25) is 0 Å². The SMILES string of the molecule is CCCCCCCCCn1cc[n+](CCCCCCCCC)c1CCCCC. The molecule has 0 saturated carbocycles. The van der Waals surface area contributed by atoms with Gasteiger partial charge in [-0.3, -0.25) is 0 Å². The van der Waals surface area contributed by atoms with Crippen LogP contribution in [0.1, 0.15) is 136 Å². The van der Waals surface area contributed by atoms with Crippen LogP contribution in [-0.2, 0) is 19.5 Å². The Kier molecular flexibility index (Phi) is 16.5. The summed E-state index contributed by atoms with van der Waals surface area (Å²) in [5, 5.41) is 0. The molecule has 0 saturated heterocycles. The van der Waals surface area contributed by atoms with E-state index in [9.17, 15) is 0 Å². The molecular weight excluding hydrogens is 340 g/mol. The van der Waals surface area contributed by atoms with E-state index in [1.54, 1.807) is 5.82 Å². The lowest BCUT2D eigenvalue weighted by Crippen LogP contribution is -2.37. The van der Waals surface area contributed by atoms with Gasteiger partial charge in [-0.05, 0) is 32.1 Å². The van der Waals surface area contributed by atoms with Crippen molar-refractivity contribution >= 4 is 0 Å². The topological polar surface area (TPSA) is 8.81 Å². The fraction of sp³-hybridized carbons (Fsp3) is 0.885. The third-order valence-corrected chi connectivity index (χ3v) is 6.10. The summed E-state index contributed by atoms with van der Waals surface area (Å²) < 4.78 is 5.14. The van der Waals surface area contributed by atoms with E-state index in [0.29, 0.717) is 0 Å². The number of unbranched alkanes of at least 4 members (excludes halogenated alkanes) is 14. The van der Waals surface area contributed by atoms with E-state index in [0.717, 1.165) is 0 Å². The summed E-state index contributed by atoms with van der Waals surface area (Å²) in [7, 11) is 0. The highest BCUT2D eigenvalue weighted by Gasteiger charge is 2.16. The lowest BCUT2D eigenvalue weighted by Gasteiger charge is -2.06. The van der Waals surface area contributed by atoms with Crippen LogP contribution in [0.25, 0.3) is 0 Å². The number of aryl methyl sites for hydroxylation is 2. The van der Waals surface area contributed by atoms with Crippen LogP contribution in [0.15, 0.2) is 12.4 Å². The highest BCUT2D eigenvalue weighted by molar-refractivity contribution is 4.84. The second-order valence-electron chi connectivity index (χ2n) is 8.80. The zero-order chi connectivity index (χ0) is 20.3. The van der Waals surface area contributed by atoms with Gasteiger partial charge in [-0.25, -0.2) is 9.13 Å². The van der Waals surface area contributed by atoms with E-state index in [1.165, 1.54) is 129 Å². The molecule has 0 radical (unpaired) electrons. The summed E-state index contributed by atoms with van der Waals surface area (Å²) in [5.74, 6) is 1.59. The molecule has 2 heteroatoms. The minimum atomic E-state index is 1.22. The van der Waals surface area contributed by atoms with Crippen molar-refractivity contribution in [3.05, 3.63) is 18.2 Å². The van der Waals surface area contributed by atoms with E-state index in [-0.39, 0.29) is 0 Å². The lowest BCUT2D eigenvalue weighted by molar-refractivity contribution is -0.704. The fourth-order valence-corrected chi connectivity index (χ4v) is 4.20. The van der Waals surface area contributed by atoms with Crippen LogP contribution >= 0.6 is 0 Å². The molecule has 1 aromatic heterocycles. The first-order valence-electron chi connectivity index (χ1n) is 12.9. The summed E-state index contributed by atoms with van der Waals surface area (Å²) in [6, 6.07) is 0. The van der Waals surface area contributed by atoms with Crippen molar-refractivity contribution in [1.82, 2.24) is 4.57 Å². The largest absolute Gasteiger partial charge is 0.256 e. The number of hydrogen-bond donors (Lipinski definition) is 0. The number of aromatic nitrogens is 2. The number of rotatable bonds is 20. The standard InChI is InChI=1S/C26H51N2/c1-4-7-10-12-14-16-19-22-27-24-25-28(26(27)21-18-9-6-3)23-20-17-15-13-11-8-5-2/h24-25H,4-23H2,1-3H3/q+1. The van der Waals surface area contributed by atoms with Crippen molar-refractivity contribution in [1.29, 1.82) is 0 Å². The Balaban J connectivity index is 2.37. The summed E-state index contributed by atoms with van der Waals surface area (Å²) in [6.45, 7) is 9.35. The number of nitrogens with zero attached hydrogens (tertiary/aromatic N) is 2. The molecular formula is C26H51N2+. The van der Waals surface area contributed by atoms with Crippen LogP contribution in [0, 0.1) is 0 Å². The molecule has 0 spiro atoms. The first-order valence-corrected chi connectivity index (χ1v) is 12.9. The molecule has 0 unspecified atom stereocenters. The first-order chi connectivity index (χ1) is 13.8. The van der Waals surface area contributed by atoms with Gasteiger partial charge in [0.05, 0.1) is 13.1 Å². The minimum Gasteiger partial charge on any atom is -0.234 e. The summed E-state index contributed by atoms with van der Waals surface area (Å²) >= 11 is 0. The molecule has 0 fully saturated rings. The number of hydrogen-bond acceptors (Lipinski definition) is 0. The smallest absolute Gasteiger partial charge is 0.234 e. The van der Waals surface area contributed by atoms with Crippen LogP contribution in [0.4, 0.5) is 0 Å². The quantitative estimate of drug-likeness (QED) is 0.157.